The first-order valence-corrected chi connectivity index (χ1v) is 9.33. The van der Waals surface area contributed by atoms with Crippen LogP contribution in [0.5, 0.6) is 0 Å². The van der Waals surface area contributed by atoms with E-state index in [-0.39, 0.29) is 0 Å². The van der Waals surface area contributed by atoms with Gasteiger partial charge >= 0.3 is 5.97 Å². The Kier molecular flexibility index (Phi) is 4.98. The second-order valence-electron chi connectivity index (χ2n) is 7.31. The van der Waals surface area contributed by atoms with Gasteiger partial charge in [-0.2, -0.15) is 5.10 Å². The van der Waals surface area contributed by atoms with Gasteiger partial charge in [-0.25, -0.2) is 4.79 Å². The fraction of sp³-hybridized carbons (Fsp3) is 0.273. The molecule has 2 N–H and O–H groups in total. The summed E-state index contributed by atoms with van der Waals surface area (Å²) in [5, 5.41) is 16.5. The SMILES string of the molecule is C[C@@]1(c2ccn[nH]2)CN(Cc2ccc(-c3ccccc3C(=O)O)cc2)CCO1. The predicted octanol–water partition coefficient (Wildman–Crippen LogP) is 3.52. The molecule has 1 atom stereocenters. The lowest BCUT2D eigenvalue weighted by molar-refractivity contribution is -0.107. The highest BCUT2D eigenvalue weighted by molar-refractivity contribution is 5.95. The Morgan fingerprint density at radius 2 is 2.00 bits per heavy atom. The van der Waals surface area contributed by atoms with Crippen molar-refractivity contribution in [3.63, 3.8) is 0 Å². The van der Waals surface area contributed by atoms with E-state index in [1.807, 2.05) is 30.3 Å². The molecule has 1 aromatic heterocycles. The van der Waals surface area contributed by atoms with Crippen molar-refractivity contribution in [3.8, 4) is 11.1 Å². The summed E-state index contributed by atoms with van der Waals surface area (Å²) in [5.41, 5.74) is 3.74. The van der Waals surface area contributed by atoms with Crippen molar-refractivity contribution in [1.29, 1.82) is 0 Å². The summed E-state index contributed by atoms with van der Waals surface area (Å²) < 4.78 is 6.02. The first-order chi connectivity index (χ1) is 13.5. The number of rotatable bonds is 5. The fourth-order valence-corrected chi connectivity index (χ4v) is 3.77. The third kappa shape index (κ3) is 3.69. The molecule has 3 aromatic rings. The van der Waals surface area contributed by atoms with Crippen molar-refractivity contribution in [2.45, 2.75) is 19.1 Å². The van der Waals surface area contributed by atoms with E-state index in [1.165, 1.54) is 5.56 Å². The number of carbonyl (C=O) groups is 1. The number of H-pyrrole nitrogens is 1. The fourth-order valence-electron chi connectivity index (χ4n) is 3.77. The maximum absolute atomic E-state index is 11.5. The van der Waals surface area contributed by atoms with Gasteiger partial charge in [0.05, 0.1) is 17.9 Å². The third-order valence-electron chi connectivity index (χ3n) is 5.25. The van der Waals surface area contributed by atoms with Gasteiger partial charge in [0.15, 0.2) is 0 Å². The van der Waals surface area contributed by atoms with Crippen LogP contribution in [0.15, 0.2) is 60.8 Å². The number of carboxylic acid groups (broad SMARTS) is 1. The third-order valence-corrected chi connectivity index (χ3v) is 5.25. The predicted molar refractivity (Wildman–Crippen MR) is 106 cm³/mol. The summed E-state index contributed by atoms with van der Waals surface area (Å²) in [6, 6.07) is 17.2. The highest BCUT2D eigenvalue weighted by atomic mass is 16.5. The quantitative estimate of drug-likeness (QED) is 0.711. The highest BCUT2D eigenvalue weighted by Crippen LogP contribution is 2.29. The molecule has 0 unspecified atom stereocenters. The van der Waals surface area contributed by atoms with Crippen LogP contribution in [0.2, 0.25) is 0 Å². The van der Waals surface area contributed by atoms with Crippen molar-refractivity contribution in [1.82, 2.24) is 15.1 Å². The highest BCUT2D eigenvalue weighted by Gasteiger charge is 2.35. The first-order valence-electron chi connectivity index (χ1n) is 9.33. The van der Waals surface area contributed by atoms with Crippen LogP contribution in [0, 0.1) is 0 Å². The smallest absolute Gasteiger partial charge is 0.336 e. The number of ether oxygens (including phenoxy) is 1. The molecule has 0 bridgehead atoms. The van der Waals surface area contributed by atoms with Crippen LogP contribution >= 0.6 is 0 Å². The normalized spacial score (nSPS) is 20.2. The van der Waals surface area contributed by atoms with Gasteiger partial charge in [-0.15, -0.1) is 0 Å². The number of aromatic nitrogens is 2. The summed E-state index contributed by atoms with van der Waals surface area (Å²) in [5.74, 6) is -0.911. The van der Waals surface area contributed by atoms with Crippen molar-refractivity contribution in [2.75, 3.05) is 19.7 Å². The molecule has 2 heterocycles. The molecule has 0 radical (unpaired) electrons. The van der Waals surface area contributed by atoms with Gasteiger partial charge in [0, 0.05) is 25.8 Å². The van der Waals surface area contributed by atoms with E-state index in [1.54, 1.807) is 18.3 Å². The number of nitrogens with one attached hydrogen (secondary N) is 1. The lowest BCUT2D eigenvalue weighted by Gasteiger charge is -2.39. The molecule has 28 heavy (non-hydrogen) atoms. The van der Waals surface area contributed by atoms with Crippen LogP contribution < -0.4 is 0 Å². The Balaban J connectivity index is 1.49. The lowest BCUT2D eigenvalue weighted by atomic mass is 9.97. The van der Waals surface area contributed by atoms with Gasteiger partial charge < -0.3 is 9.84 Å². The van der Waals surface area contributed by atoms with Gasteiger partial charge in [-0.1, -0.05) is 42.5 Å². The molecule has 4 rings (SSSR count). The molecule has 0 aliphatic carbocycles. The van der Waals surface area contributed by atoms with Crippen LogP contribution in [0.25, 0.3) is 11.1 Å². The molecular weight excluding hydrogens is 354 g/mol. The minimum absolute atomic E-state index is 0.318. The van der Waals surface area contributed by atoms with E-state index in [2.05, 4.69) is 34.2 Å². The second-order valence-corrected chi connectivity index (χ2v) is 7.31. The number of benzene rings is 2. The minimum atomic E-state index is -0.911. The largest absolute Gasteiger partial charge is 0.478 e. The van der Waals surface area contributed by atoms with Gasteiger partial charge in [0.1, 0.15) is 5.60 Å². The van der Waals surface area contributed by atoms with E-state index in [4.69, 9.17) is 4.74 Å². The monoisotopic (exact) mass is 377 g/mol. The zero-order chi connectivity index (χ0) is 19.6. The molecule has 1 aliphatic rings. The van der Waals surface area contributed by atoms with Gasteiger partial charge in [-0.05, 0) is 35.7 Å². The maximum Gasteiger partial charge on any atom is 0.336 e. The van der Waals surface area contributed by atoms with E-state index < -0.39 is 11.6 Å². The average molecular weight is 377 g/mol. The van der Waals surface area contributed by atoms with Crippen LogP contribution in [0.4, 0.5) is 0 Å². The summed E-state index contributed by atoms with van der Waals surface area (Å²) in [4.78, 5) is 13.8. The summed E-state index contributed by atoms with van der Waals surface area (Å²) in [6.07, 6.45) is 1.75. The number of hydrogen-bond acceptors (Lipinski definition) is 4. The molecule has 1 fully saturated rings. The van der Waals surface area contributed by atoms with E-state index >= 15 is 0 Å². The molecule has 1 saturated heterocycles. The van der Waals surface area contributed by atoms with Crippen LogP contribution in [-0.2, 0) is 16.9 Å². The average Bonchev–Trinajstić information content (AvgIpc) is 3.25. The second kappa shape index (κ2) is 7.58. The summed E-state index contributed by atoms with van der Waals surface area (Å²) in [7, 11) is 0. The number of aromatic amines is 1. The zero-order valence-corrected chi connectivity index (χ0v) is 15.8. The first kappa shape index (κ1) is 18.4. The molecular formula is C22H23N3O3. The van der Waals surface area contributed by atoms with Gasteiger partial charge in [-0.3, -0.25) is 10.00 Å². The summed E-state index contributed by atoms with van der Waals surface area (Å²) in [6.45, 7) is 5.21. The Labute approximate surface area is 163 Å². The molecule has 0 spiro atoms. The minimum Gasteiger partial charge on any atom is -0.478 e. The molecule has 6 heteroatoms. The number of aromatic carboxylic acids is 1. The maximum atomic E-state index is 11.5. The van der Waals surface area contributed by atoms with Gasteiger partial charge in [0.2, 0.25) is 0 Å². The van der Waals surface area contributed by atoms with E-state index in [9.17, 15) is 9.90 Å². The van der Waals surface area contributed by atoms with Crippen molar-refractivity contribution in [2.24, 2.45) is 0 Å². The number of hydrogen-bond donors (Lipinski definition) is 2. The summed E-state index contributed by atoms with van der Waals surface area (Å²) >= 11 is 0. The molecule has 6 nitrogen and oxygen atoms in total. The number of morpholine rings is 1. The molecule has 144 valence electrons. The Morgan fingerprint density at radius 3 is 2.71 bits per heavy atom. The number of carboxylic acids is 1. The Morgan fingerprint density at radius 1 is 1.21 bits per heavy atom. The zero-order valence-electron chi connectivity index (χ0n) is 15.8. The molecule has 2 aromatic carbocycles. The Bertz CT molecular complexity index is 953. The molecule has 0 amide bonds. The topological polar surface area (TPSA) is 78.5 Å². The lowest BCUT2D eigenvalue weighted by Crippen LogP contribution is -2.47. The number of nitrogens with zero attached hydrogens (tertiary/aromatic N) is 2. The molecule has 1 aliphatic heterocycles. The van der Waals surface area contributed by atoms with Gasteiger partial charge in [0.25, 0.3) is 0 Å². The van der Waals surface area contributed by atoms with Crippen molar-refractivity contribution >= 4 is 5.97 Å². The van der Waals surface area contributed by atoms with E-state index in [0.29, 0.717) is 12.2 Å². The van der Waals surface area contributed by atoms with Crippen molar-refractivity contribution < 1.29 is 14.6 Å². The van der Waals surface area contributed by atoms with Crippen LogP contribution in [0.1, 0.15) is 28.5 Å². The van der Waals surface area contributed by atoms with Crippen LogP contribution in [-0.4, -0.2) is 45.9 Å². The van der Waals surface area contributed by atoms with Crippen LogP contribution in [0.3, 0.4) is 0 Å². The van der Waals surface area contributed by atoms with Crippen molar-refractivity contribution in [3.05, 3.63) is 77.6 Å². The van der Waals surface area contributed by atoms with E-state index in [0.717, 1.165) is 36.5 Å². The molecule has 0 saturated carbocycles. The standard InChI is InChI=1S/C22H23N3O3/c1-22(20-10-11-23-24-20)15-25(12-13-28-22)14-16-6-8-17(9-7-16)18-4-2-3-5-19(18)21(26)27/h2-11H,12-15H2,1H3,(H,23,24)(H,26,27)/t22-/m0/s1. The Hall–Kier alpha value is -2.96.